The first-order valence-corrected chi connectivity index (χ1v) is 8.94. The number of halogens is 1. The van der Waals surface area contributed by atoms with E-state index in [2.05, 4.69) is 20.2 Å². The van der Waals surface area contributed by atoms with Crippen molar-refractivity contribution in [1.29, 1.82) is 0 Å². The van der Waals surface area contributed by atoms with Crippen molar-refractivity contribution in [3.8, 4) is 11.1 Å². The summed E-state index contributed by atoms with van der Waals surface area (Å²) < 4.78 is 0. The minimum Gasteiger partial charge on any atom is -0.337 e. The van der Waals surface area contributed by atoms with Crippen LogP contribution in [0, 0.1) is 0 Å². The summed E-state index contributed by atoms with van der Waals surface area (Å²) in [6.07, 6.45) is 8.41. The molecule has 3 heterocycles. The summed E-state index contributed by atoms with van der Waals surface area (Å²) in [6, 6.07) is 7.72. The van der Waals surface area contributed by atoms with Crippen LogP contribution in [0.4, 0.5) is 0 Å². The van der Waals surface area contributed by atoms with E-state index in [1.54, 1.807) is 12.4 Å². The van der Waals surface area contributed by atoms with Crippen molar-refractivity contribution in [3.05, 3.63) is 65.5 Å². The average Bonchev–Trinajstić information content (AvgIpc) is 3.19. The molecule has 3 aromatic rings. The summed E-state index contributed by atoms with van der Waals surface area (Å²) in [6.45, 7) is 1.37. The van der Waals surface area contributed by atoms with E-state index in [1.807, 2.05) is 35.4 Å². The number of aromatic amines is 1. The fourth-order valence-corrected chi connectivity index (χ4v) is 3.56. The number of hydrogen-bond donors (Lipinski definition) is 1. The summed E-state index contributed by atoms with van der Waals surface area (Å²) in [5.41, 5.74) is 3.57. The van der Waals surface area contributed by atoms with Gasteiger partial charge in [-0.3, -0.25) is 14.9 Å². The Balaban J connectivity index is 1.57. The van der Waals surface area contributed by atoms with Gasteiger partial charge in [0.1, 0.15) is 5.69 Å². The number of piperidine rings is 1. The molecule has 1 atom stereocenters. The normalized spacial score (nSPS) is 17.3. The summed E-state index contributed by atoms with van der Waals surface area (Å²) in [5, 5.41) is 8.09. The molecular weight excluding hydrogens is 350 g/mol. The lowest BCUT2D eigenvalue weighted by molar-refractivity contribution is 0.0699. The molecule has 1 saturated heterocycles. The maximum atomic E-state index is 12.7. The zero-order chi connectivity index (χ0) is 17.9. The predicted molar refractivity (Wildman–Crippen MR) is 98.9 cm³/mol. The van der Waals surface area contributed by atoms with Crippen LogP contribution in [0.2, 0.25) is 5.02 Å². The van der Waals surface area contributed by atoms with E-state index in [0.717, 1.165) is 36.2 Å². The van der Waals surface area contributed by atoms with Gasteiger partial charge in [-0.1, -0.05) is 23.7 Å². The molecule has 0 aliphatic carbocycles. The van der Waals surface area contributed by atoms with Gasteiger partial charge in [0.25, 0.3) is 5.91 Å². The molecule has 132 valence electrons. The molecule has 1 aliphatic rings. The number of likely N-dealkylation sites (tertiary alicyclic amines) is 1. The number of nitrogens with zero attached hydrogens (tertiary/aromatic N) is 4. The van der Waals surface area contributed by atoms with Crippen molar-refractivity contribution in [1.82, 2.24) is 25.1 Å². The zero-order valence-corrected chi connectivity index (χ0v) is 14.9. The number of carbonyl (C=O) groups excluding carboxylic acids is 1. The van der Waals surface area contributed by atoms with E-state index in [1.165, 1.54) is 6.20 Å². The van der Waals surface area contributed by atoms with E-state index in [9.17, 15) is 4.79 Å². The Bertz CT molecular complexity index is 894. The molecule has 1 aromatic carbocycles. The summed E-state index contributed by atoms with van der Waals surface area (Å²) in [4.78, 5) is 22.7. The second-order valence-electron chi connectivity index (χ2n) is 6.39. The Morgan fingerprint density at radius 1 is 1.19 bits per heavy atom. The quantitative estimate of drug-likeness (QED) is 0.768. The van der Waals surface area contributed by atoms with Gasteiger partial charge in [0.2, 0.25) is 0 Å². The molecule has 1 amide bonds. The van der Waals surface area contributed by atoms with Gasteiger partial charge in [-0.2, -0.15) is 5.10 Å². The van der Waals surface area contributed by atoms with Crippen LogP contribution in [-0.4, -0.2) is 44.1 Å². The Morgan fingerprint density at radius 3 is 2.81 bits per heavy atom. The third kappa shape index (κ3) is 3.32. The summed E-state index contributed by atoms with van der Waals surface area (Å²) in [7, 11) is 0. The van der Waals surface area contributed by atoms with Crippen LogP contribution in [0.1, 0.15) is 34.9 Å². The van der Waals surface area contributed by atoms with Crippen molar-refractivity contribution in [2.24, 2.45) is 0 Å². The number of amides is 1. The van der Waals surface area contributed by atoms with Gasteiger partial charge in [0.05, 0.1) is 12.4 Å². The number of carbonyl (C=O) groups is 1. The first-order valence-electron chi connectivity index (χ1n) is 8.57. The van der Waals surface area contributed by atoms with Crippen LogP contribution in [0.3, 0.4) is 0 Å². The van der Waals surface area contributed by atoms with Gasteiger partial charge in [0.15, 0.2) is 0 Å². The molecule has 0 bridgehead atoms. The summed E-state index contributed by atoms with van der Waals surface area (Å²) >= 11 is 6.00. The molecule has 4 rings (SSSR count). The lowest BCUT2D eigenvalue weighted by Crippen LogP contribution is -2.39. The number of H-pyrrole nitrogens is 1. The Morgan fingerprint density at radius 2 is 2.04 bits per heavy atom. The van der Waals surface area contributed by atoms with Gasteiger partial charge in [0, 0.05) is 47.7 Å². The zero-order valence-electron chi connectivity index (χ0n) is 14.1. The maximum absolute atomic E-state index is 12.7. The fraction of sp³-hybridized carbons (Fsp3) is 0.263. The molecule has 26 heavy (non-hydrogen) atoms. The van der Waals surface area contributed by atoms with E-state index in [0.29, 0.717) is 17.3 Å². The maximum Gasteiger partial charge on any atom is 0.274 e. The highest BCUT2D eigenvalue weighted by Crippen LogP contribution is 2.33. The SMILES string of the molecule is O=C(c1cnccn1)N1CCC[C@H](c2[nH]ncc2-c2ccc(Cl)cc2)C1. The molecule has 7 heteroatoms. The number of hydrogen-bond acceptors (Lipinski definition) is 4. The minimum atomic E-state index is -0.0737. The van der Waals surface area contributed by atoms with Crippen LogP contribution in [-0.2, 0) is 0 Å². The van der Waals surface area contributed by atoms with Gasteiger partial charge < -0.3 is 4.90 Å². The Hall–Kier alpha value is -2.73. The number of aromatic nitrogens is 4. The molecular formula is C19H18ClN5O. The van der Waals surface area contributed by atoms with Crippen LogP contribution in [0.5, 0.6) is 0 Å². The van der Waals surface area contributed by atoms with Crippen molar-refractivity contribution < 1.29 is 4.79 Å². The second kappa shape index (κ2) is 7.25. The fourth-order valence-electron chi connectivity index (χ4n) is 3.44. The summed E-state index contributed by atoms with van der Waals surface area (Å²) in [5.74, 6) is 0.132. The monoisotopic (exact) mass is 367 g/mol. The van der Waals surface area contributed by atoms with E-state index in [4.69, 9.17) is 11.6 Å². The number of nitrogens with one attached hydrogen (secondary N) is 1. The predicted octanol–water partition coefficient (Wildman–Crippen LogP) is 3.54. The highest BCUT2D eigenvalue weighted by Gasteiger charge is 2.28. The molecule has 0 unspecified atom stereocenters. The average molecular weight is 368 g/mol. The van der Waals surface area contributed by atoms with Crippen LogP contribution in [0.15, 0.2) is 49.1 Å². The minimum absolute atomic E-state index is 0.0737. The van der Waals surface area contributed by atoms with Crippen LogP contribution in [0.25, 0.3) is 11.1 Å². The van der Waals surface area contributed by atoms with Crippen molar-refractivity contribution in [2.45, 2.75) is 18.8 Å². The lowest BCUT2D eigenvalue weighted by Gasteiger charge is -2.32. The van der Waals surface area contributed by atoms with Gasteiger partial charge in [-0.25, -0.2) is 4.98 Å². The standard InChI is InChI=1S/C19H18ClN5O/c20-15-5-3-13(4-6-15)16-10-23-24-18(16)14-2-1-9-25(12-14)19(26)17-11-21-7-8-22-17/h3-8,10-11,14H,1-2,9,12H2,(H,23,24)/t14-/m0/s1. The van der Waals surface area contributed by atoms with Crippen molar-refractivity contribution in [3.63, 3.8) is 0 Å². The highest BCUT2D eigenvalue weighted by atomic mass is 35.5. The van der Waals surface area contributed by atoms with Crippen LogP contribution >= 0.6 is 11.6 Å². The number of benzene rings is 1. The molecule has 0 spiro atoms. The molecule has 2 aromatic heterocycles. The first kappa shape index (κ1) is 16.7. The third-order valence-electron chi connectivity index (χ3n) is 4.72. The van der Waals surface area contributed by atoms with E-state index in [-0.39, 0.29) is 11.8 Å². The molecule has 1 fully saturated rings. The van der Waals surface area contributed by atoms with E-state index >= 15 is 0 Å². The van der Waals surface area contributed by atoms with Crippen molar-refractivity contribution >= 4 is 17.5 Å². The molecule has 6 nitrogen and oxygen atoms in total. The molecule has 0 saturated carbocycles. The van der Waals surface area contributed by atoms with Crippen LogP contribution < -0.4 is 0 Å². The largest absolute Gasteiger partial charge is 0.337 e. The topological polar surface area (TPSA) is 74.8 Å². The smallest absolute Gasteiger partial charge is 0.274 e. The van der Waals surface area contributed by atoms with Gasteiger partial charge >= 0.3 is 0 Å². The molecule has 1 N–H and O–H groups in total. The number of rotatable bonds is 3. The molecule has 0 radical (unpaired) electrons. The van der Waals surface area contributed by atoms with Gasteiger partial charge in [-0.05, 0) is 30.5 Å². The van der Waals surface area contributed by atoms with E-state index < -0.39 is 0 Å². The Kier molecular flexibility index (Phi) is 4.67. The third-order valence-corrected chi connectivity index (χ3v) is 4.98. The first-order chi connectivity index (χ1) is 12.7. The highest BCUT2D eigenvalue weighted by molar-refractivity contribution is 6.30. The Labute approximate surface area is 156 Å². The van der Waals surface area contributed by atoms with Gasteiger partial charge in [-0.15, -0.1) is 0 Å². The molecule has 1 aliphatic heterocycles. The lowest BCUT2D eigenvalue weighted by atomic mass is 9.90. The van der Waals surface area contributed by atoms with Crippen molar-refractivity contribution in [2.75, 3.05) is 13.1 Å². The second-order valence-corrected chi connectivity index (χ2v) is 6.82.